The van der Waals surface area contributed by atoms with Gasteiger partial charge in [-0.05, 0) is 30.7 Å². The van der Waals surface area contributed by atoms with E-state index >= 15 is 0 Å². The Morgan fingerprint density at radius 3 is 2.38 bits per heavy atom. The topological polar surface area (TPSA) is 25.8 Å². The van der Waals surface area contributed by atoms with Gasteiger partial charge >= 0.3 is 0 Å². The van der Waals surface area contributed by atoms with E-state index in [1.54, 1.807) is 12.4 Å². The van der Waals surface area contributed by atoms with Crippen molar-refractivity contribution in [3.8, 4) is 0 Å². The van der Waals surface area contributed by atoms with E-state index in [0.29, 0.717) is 0 Å². The van der Waals surface area contributed by atoms with Gasteiger partial charge < -0.3 is 0 Å². The number of aryl methyl sites for hydroxylation is 1. The molecule has 0 aromatic carbocycles. The molecular weight excluding hydrogens is 160 g/mol. The van der Waals surface area contributed by atoms with E-state index in [1.807, 2.05) is 32.0 Å². The fourth-order valence-corrected chi connectivity index (χ4v) is 1.12. The minimum Gasteiger partial charge on any atom is -0.237 e. The van der Waals surface area contributed by atoms with Crippen LogP contribution in [-0.2, 0) is 0 Å². The average molecular weight is 174 g/mol. The molecule has 13 heavy (non-hydrogen) atoms. The maximum absolute atomic E-state index is 4.13. The first-order valence-electron chi connectivity index (χ1n) is 4.54. The molecule has 0 aliphatic carbocycles. The Bertz CT molecular complexity index is 377. The number of hydrogen-bond donors (Lipinski definition) is 0. The van der Waals surface area contributed by atoms with Crippen molar-refractivity contribution in [2.45, 2.75) is 20.8 Å². The highest BCUT2D eigenvalue weighted by Crippen LogP contribution is 2.11. The molecule has 2 nitrogen and oxygen atoms in total. The SMILES string of the molecule is CC.Cc1ccnc2ncccc12. The smallest absolute Gasteiger partial charge is 0.159 e. The fraction of sp³-hybridized carbons (Fsp3) is 0.273. The molecule has 0 amide bonds. The molecule has 2 aromatic heterocycles. The molecule has 0 unspecified atom stereocenters. The lowest BCUT2D eigenvalue weighted by molar-refractivity contribution is 1.27. The van der Waals surface area contributed by atoms with Gasteiger partial charge in [0, 0.05) is 17.8 Å². The van der Waals surface area contributed by atoms with Crippen molar-refractivity contribution in [1.29, 1.82) is 0 Å². The summed E-state index contributed by atoms with van der Waals surface area (Å²) in [4.78, 5) is 8.26. The third kappa shape index (κ3) is 2.02. The van der Waals surface area contributed by atoms with Crippen LogP contribution >= 0.6 is 0 Å². The van der Waals surface area contributed by atoms with Crippen LogP contribution in [0.3, 0.4) is 0 Å². The summed E-state index contributed by atoms with van der Waals surface area (Å²) < 4.78 is 0. The number of rotatable bonds is 0. The second kappa shape index (κ2) is 4.55. The van der Waals surface area contributed by atoms with Gasteiger partial charge in [0.15, 0.2) is 5.65 Å². The predicted octanol–water partition coefficient (Wildman–Crippen LogP) is 2.96. The molecule has 0 atom stereocenters. The Labute approximate surface area is 78.7 Å². The van der Waals surface area contributed by atoms with E-state index in [2.05, 4.69) is 16.9 Å². The number of aromatic nitrogens is 2. The highest BCUT2D eigenvalue weighted by atomic mass is 14.8. The second-order valence-electron chi connectivity index (χ2n) is 2.50. The molecule has 0 fully saturated rings. The van der Waals surface area contributed by atoms with Crippen molar-refractivity contribution < 1.29 is 0 Å². The molecule has 0 radical (unpaired) electrons. The largest absolute Gasteiger partial charge is 0.237 e. The normalized spacial score (nSPS) is 9.15. The van der Waals surface area contributed by atoms with Gasteiger partial charge in [-0.2, -0.15) is 0 Å². The number of pyridine rings is 2. The average Bonchev–Trinajstić information content (AvgIpc) is 2.22. The lowest BCUT2D eigenvalue weighted by atomic mass is 10.2. The number of nitrogens with zero attached hydrogens (tertiary/aromatic N) is 2. The zero-order valence-corrected chi connectivity index (χ0v) is 8.28. The molecule has 2 aromatic rings. The molecule has 2 heteroatoms. The molecule has 0 saturated heterocycles. The zero-order valence-electron chi connectivity index (χ0n) is 8.28. The van der Waals surface area contributed by atoms with Crippen molar-refractivity contribution in [3.63, 3.8) is 0 Å². The molecule has 0 aliphatic rings. The zero-order chi connectivity index (χ0) is 9.68. The first-order chi connectivity index (χ1) is 6.38. The first-order valence-corrected chi connectivity index (χ1v) is 4.54. The standard InChI is InChI=1S/C9H8N2.C2H6/c1-7-4-6-11-9-8(7)3-2-5-10-9;1-2/h2-6H,1H3;1-2H3. The van der Waals surface area contributed by atoms with E-state index in [1.165, 1.54) is 5.56 Å². The summed E-state index contributed by atoms with van der Waals surface area (Å²) in [5.41, 5.74) is 2.05. The quantitative estimate of drug-likeness (QED) is 0.613. The molecule has 2 rings (SSSR count). The summed E-state index contributed by atoms with van der Waals surface area (Å²) in [6.07, 6.45) is 3.54. The monoisotopic (exact) mass is 174 g/mol. The molecule has 0 N–H and O–H groups in total. The summed E-state index contributed by atoms with van der Waals surface area (Å²) in [6, 6.07) is 5.95. The van der Waals surface area contributed by atoms with Crippen LogP contribution in [0.5, 0.6) is 0 Å². The van der Waals surface area contributed by atoms with E-state index < -0.39 is 0 Å². The van der Waals surface area contributed by atoms with Crippen molar-refractivity contribution >= 4 is 11.0 Å². The first kappa shape index (κ1) is 9.65. The summed E-state index contributed by atoms with van der Waals surface area (Å²) in [5, 5.41) is 1.13. The molecule has 0 spiro atoms. The number of hydrogen-bond acceptors (Lipinski definition) is 2. The van der Waals surface area contributed by atoms with Crippen molar-refractivity contribution in [2.75, 3.05) is 0 Å². The van der Waals surface area contributed by atoms with Gasteiger partial charge in [-0.3, -0.25) is 0 Å². The van der Waals surface area contributed by atoms with E-state index in [-0.39, 0.29) is 0 Å². The van der Waals surface area contributed by atoms with Crippen molar-refractivity contribution in [2.24, 2.45) is 0 Å². The van der Waals surface area contributed by atoms with Crippen LogP contribution in [-0.4, -0.2) is 9.97 Å². The number of fused-ring (bicyclic) bond motifs is 1. The summed E-state index contributed by atoms with van der Waals surface area (Å²) >= 11 is 0. The van der Waals surface area contributed by atoms with Crippen LogP contribution in [0.2, 0.25) is 0 Å². The molecule has 68 valence electrons. The van der Waals surface area contributed by atoms with E-state index in [9.17, 15) is 0 Å². The minimum atomic E-state index is 0.826. The molecule has 0 aliphatic heterocycles. The summed E-state index contributed by atoms with van der Waals surface area (Å²) in [7, 11) is 0. The van der Waals surface area contributed by atoms with Gasteiger partial charge in [-0.15, -0.1) is 0 Å². The van der Waals surface area contributed by atoms with Crippen molar-refractivity contribution in [3.05, 3.63) is 36.2 Å². The highest BCUT2D eigenvalue weighted by molar-refractivity contribution is 5.77. The van der Waals surface area contributed by atoms with Crippen LogP contribution < -0.4 is 0 Å². The molecule has 0 bridgehead atoms. The maximum Gasteiger partial charge on any atom is 0.159 e. The second-order valence-corrected chi connectivity index (χ2v) is 2.50. The Balaban J connectivity index is 0.000000396. The summed E-state index contributed by atoms with van der Waals surface area (Å²) in [6.45, 7) is 6.06. The minimum absolute atomic E-state index is 0.826. The van der Waals surface area contributed by atoms with Gasteiger partial charge in [0.25, 0.3) is 0 Å². The van der Waals surface area contributed by atoms with Gasteiger partial charge in [0.1, 0.15) is 0 Å². The van der Waals surface area contributed by atoms with Crippen LogP contribution in [0, 0.1) is 6.92 Å². The third-order valence-corrected chi connectivity index (χ3v) is 1.73. The Hall–Kier alpha value is -1.44. The molecule has 2 heterocycles. The fourth-order valence-electron chi connectivity index (χ4n) is 1.12. The predicted molar refractivity (Wildman–Crippen MR) is 55.6 cm³/mol. The van der Waals surface area contributed by atoms with Crippen molar-refractivity contribution in [1.82, 2.24) is 9.97 Å². The maximum atomic E-state index is 4.13. The molecule has 0 saturated carbocycles. The van der Waals surface area contributed by atoms with Gasteiger partial charge in [-0.25, -0.2) is 9.97 Å². The van der Waals surface area contributed by atoms with Crippen LogP contribution in [0.15, 0.2) is 30.6 Å². The molecular formula is C11H14N2. The van der Waals surface area contributed by atoms with Gasteiger partial charge in [-0.1, -0.05) is 13.8 Å². The summed E-state index contributed by atoms with van der Waals surface area (Å²) in [5.74, 6) is 0. The van der Waals surface area contributed by atoms with Gasteiger partial charge in [0.2, 0.25) is 0 Å². The Morgan fingerprint density at radius 2 is 1.69 bits per heavy atom. The van der Waals surface area contributed by atoms with Gasteiger partial charge in [0.05, 0.1) is 0 Å². The van der Waals surface area contributed by atoms with E-state index in [4.69, 9.17) is 0 Å². The lowest BCUT2D eigenvalue weighted by Crippen LogP contribution is -1.83. The van der Waals surface area contributed by atoms with E-state index in [0.717, 1.165) is 11.0 Å². The van der Waals surface area contributed by atoms with Crippen LogP contribution in [0.25, 0.3) is 11.0 Å². The highest BCUT2D eigenvalue weighted by Gasteiger charge is 1.94. The third-order valence-electron chi connectivity index (χ3n) is 1.73. The Kier molecular flexibility index (Phi) is 3.38. The lowest BCUT2D eigenvalue weighted by Gasteiger charge is -1.96. The Morgan fingerprint density at radius 1 is 1.00 bits per heavy atom. The van der Waals surface area contributed by atoms with Crippen LogP contribution in [0.1, 0.15) is 19.4 Å². The van der Waals surface area contributed by atoms with Crippen LogP contribution in [0.4, 0.5) is 0 Å².